The van der Waals surface area contributed by atoms with Gasteiger partial charge in [-0.05, 0) is 18.6 Å². The Morgan fingerprint density at radius 1 is 1.33 bits per heavy atom. The highest BCUT2D eigenvalue weighted by Crippen LogP contribution is 2.21. The normalized spacial score (nSPS) is 10.4. The molecule has 5 heteroatoms. The van der Waals surface area contributed by atoms with Crippen molar-refractivity contribution in [1.82, 2.24) is 9.97 Å². The minimum atomic E-state index is 0.301. The Bertz CT molecular complexity index is 556. The van der Waals surface area contributed by atoms with Crippen LogP contribution in [0.5, 0.6) is 0 Å². The third kappa shape index (κ3) is 2.79. The van der Waals surface area contributed by atoms with Crippen molar-refractivity contribution in [3.8, 4) is 0 Å². The van der Waals surface area contributed by atoms with Crippen LogP contribution in [0.3, 0.4) is 0 Å². The van der Waals surface area contributed by atoms with Gasteiger partial charge in [-0.2, -0.15) is 4.98 Å². The molecular weight excluding hydrogens is 292 g/mol. The molecule has 0 amide bonds. The van der Waals surface area contributed by atoms with E-state index in [4.69, 9.17) is 5.73 Å². The molecule has 0 fully saturated rings. The first-order chi connectivity index (χ1) is 8.58. The quantitative estimate of drug-likeness (QED) is 0.947. The van der Waals surface area contributed by atoms with E-state index in [1.54, 1.807) is 6.20 Å². The SMILES string of the molecule is Cc1cnc(N)nc1N(C)Cc1ccccc1Br. The molecule has 2 aromatic rings. The van der Waals surface area contributed by atoms with Crippen molar-refractivity contribution in [2.45, 2.75) is 13.5 Å². The zero-order valence-electron chi connectivity index (χ0n) is 10.4. The van der Waals surface area contributed by atoms with E-state index in [-0.39, 0.29) is 0 Å². The van der Waals surface area contributed by atoms with Crippen LogP contribution in [0, 0.1) is 6.92 Å². The highest BCUT2D eigenvalue weighted by molar-refractivity contribution is 9.10. The molecule has 0 aliphatic heterocycles. The molecule has 1 aromatic carbocycles. The lowest BCUT2D eigenvalue weighted by Gasteiger charge is -2.20. The molecule has 0 radical (unpaired) electrons. The van der Waals surface area contributed by atoms with Gasteiger partial charge in [-0.1, -0.05) is 34.1 Å². The van der Waals surface area contributed by atoms with Gasteiger partial charge in [-0.3, -0.25) is 0 Å². The minimum Gasteiger partial charge on any atom is -0.368 e. The van der Waals surface area contributed by atoms with Crippen molar-refractivity contribution in [2.75, 3.05) is 17.7 Å². The average molecular weight is 307 g/mol. The van der Waals surface area contributed by atoms with Crippen LogP contribution in [0.25, 0.3) is 0 Å². The predicted molar refractivity (Wildman–Crippen MR) is 77.4 cm³/mol. The average Bonchev–Trinajstić information content (AvgIpc) is 2.35. The summed E-state index contributed by atoms with van der Waals surface area (Å²) < 4.78 is 1.09. The summed E-state index contributed by atoms with van der Waals surface area (Å²) in [5.74, 6) is 1.16. The number of rotatable bonds is 3. The predicted octanol–water partition coefficient (Wildman–Crippen LogP) is 2.77. The van der Waals surface area contributed by atoms with E-state index in [9.17, 15) is 0 Å². The first-order valence-electron chi connectivity index (χ1n) is 5.61. The van der Waals surface area contributed by atoms with Gasteiger partial charge in [0.15, 0.2) is 0 Å². The molecule has 0 spiro atoms. The third-order valence-corrected chi connectivity index (χ3v) is 3.46. The van der Waals surface area contributed by atoms with E-state index < -0.39 is 0 Å². The largest absolute Gasteiger partial charge is 0.368 e. The molecular formula is C13H15BrN4. The molecule has 0 unspecified atom stereocenters. The van der Waals surface area contributed by atoms with E-state index in [1.807, 2.05) is 32.2 Å². The molecule has 2 N–H and O–H groups in total. The first-order valence-corrected chi connectivity index (χ1v) is 6.41. The topological polar surface area (TPSA) is 55.0 Å². The van der Waals surface area contributed by atoms with Gasteiger partial charge in [0.05, 0.1) is 0 Å². The maximum atomic E-state index is 5.63. The van der Waals surface area contributed by atoms with Gasteiger partial charge < -0.3 is 10.6 Å². The van der Waals surface area contributed by atoms with E-state index in [0.717, 1.165) is 22.4 Å². The fraction of sp³-hybridized carbons (Fsp3) is 0.231. The van der Waals surface area contributed by atoms with Crippen molar-refractivity contribution in [1.29, 1.82) is 0 Å². The number of nitrogen functional groups attached to an aromatic ring is 1. The van der Waals surface area contributed by atoms with Gasteiger partial charge in [0, 0.05) is 29.8 Å². The van der Waals surface area contributed by atoms with E-state index >= 15 is 0 Å². The fourth-order valence-corrected chi connectivity index (χ4v) is 2.20. The van der Waals surface area contributed by atoms with E-state index in [1.165, 1.54) is 5.56 Å². The maximum absolute atomic E-state index is 5.63. The van der Waals surface area contributed by atoms with Crippen molar-refractivity contribution >= 4 is 27.7 Å². The van der Waals surface area contributed by atoms with Crippen molar-refractivity contribution < 1.29 is 0 Å². The number of aryl methyl sites for hydroxylation is 1. The lowest BCUT2D eigenvalue weighted by atomic mass is 10.2. The minimum absolute atomic E-state index is 0.301. The summed E-state index contributed by atoms with van der Waals surface area (Å²) in [7, 11) is 1.99. The fourth-order valence-electron chi connectivity index (χ4n) is 1.79. The lowest BCUT2D eigenvalue weighted by molar-refractivity contribution is 0.881. The Labute approximate surface area is 115 Å². The summed E-state index contributed by atoms with van der Waals surface area (Å²) in [4.78, 5) is 10.3. The van der Waals surface area contributed by atoms with Crippen molar-refractivity contribution in [3.05, 3.63) is 46.1 Å². The Balaban J connectivity index is 2.25. The molecule has 0 atom stereocenters. The second-order valence-electron chi connectivity index (χ2n) is 4.18. The number of hydrogen-bond acceptors (Lipinski definition) is 4. The lowest BCUT2D eigenvalue weighted by Crippen LogP contribution is -2.20. The van der Waals surface area contributed by atoms with Crippen LogP contribution in [0.2, 0.25) is 0 Å². The number of halogens is 1. The van der Waals surface area contributed by atoms with Gasteiger partial charge in [-0.15, -0.1) is 0 Å². The Morgan fingerprint density at radius 3 is 2.78 bits per heavy atom. The first kappa shape index (κ1) is 12.8. The Kier molecular flexibility index (Phi) is 3.81. The van der Waals surface area contributed by atoms with Gasteiger partial charge in [0.1, 0.15) is 5.82 Å². The van der Waals surface area contributed by atoms with E-state index in [0.29, 0.717) is 5.95 Å². The number of nitrogens with zero attached hydrogens (tertiary/aromatic N) is 3. The van der Waals surface area contributed by atoms with Crippen molar-refractivity contribution in [3.63, 3.8) is 0 Å². The summed E-state index contributed by atoms with van der Waals surface area (Å²) in [5, 5.41) is 0. The number of aromatic nitrogens is 2. The summed E-state index contributed by atoms with van der Waals surface area (Å²) in [5.41, 5.74) is 7.85. The van der Waals surface area contributed by atoms with Crippen LogP contribution < -0.4 is 10.6 Å². The number of benzene rings is 1. The molecule has 94 valence electrons. The van der Waals surface area contributed by atoms with Crippen LogP contribution >= 0.6 is 15.9 Å². The summed E-state index contributed by atoms with van der Waals surface area (Å²) in [6.07, 6.45) is 1.74. The van der Waals surface area contributed by atoms with Crippen LogP contribution in [0.4, 0.5) is 11.8 Å². The number of hydrogen-bond donors (Lipinski definition) is 1. The number of nitrogens with two attached hydrogens (primary N) is 1. The Morgan fingerprint density at radius 2 is 2.06 bits per heavy atom. The molecule has 4 nitrogen and oxygen atoms in total. The molecule has 2 rings (SSSR count). The van der Waals surface area contributed by atoms with Gasteiger partial charge in [0.2, 0.25) is 5.95 Å². The second-order valence-corrected chi connectivity index (χ2v) is 5.04. The zero-order valence-corrected chi connectivity index (χ0v) is 12.0. The molecule has 1 heterocycles. The zero-order chi connectivity index (χ0) is 13.1. The van der Waals surface area contributed by atoms with Crippen LogP contribution in [-0.2, 0) is 6.54 Å². The monoisotopic (exact) mass is 306 g/mol. The summed E-state index contributed by atoms with van der Waals surface area (Å²) in [6, 6.07) is 8.14. The summed E-state index contributed by atoms with van der Waals surface area (Å²) in [6.45, 7) is 2.74. The van der Waals surface area contributed by atoms with Gasteiger partial charge >= 0.3 is 0 Å². The molecule has 0 aliphatic rings. The standard InChI is InChI=1S/C13H15BrN4/c1-9-7-16-13(15)17-12(9)18(2)8-10-5-3-4-6-11(10)14/h3-7H,8H2,1-2H3,(H2,15,16,17). The second kappa shape index (κ2) is 5.35. The third-order valence-electron chi connectivity index (χ3n) is 2.69. The van der Waals surface area contributed by atoms with Crippen molar-refractivity contribution in [2.24, 2.45) is 0 Å². The van der Waals surface area contributed by atoms with Gasteiger partial charge in [0.25, 0.3) is 0 Å². The highest BCUT2D eigenvalue weighted by Gasteiger charge is 2.09. The molecule has 1 aromatic heterocycles. The molecule has 0 bridgehead atoms. The maximum Gasteiger partial charge on any atom is 0.221 e. The highest BCUT2D eigenvalue weighted by atomic mass is 79.9. The summed E-state index contributed by atoms with van der Waals surface area (Å²) >= 11 is 3.55. The molecule has 18 heavy (non-hydrogen) atoms. The molecule has 0 saturated heterocycles. The molecule has 0 saturated carbocycles. The molecule has 0 aliphatic carbocycles. The van der Waals surface area contributed by atoms with E-state index in [2.05, 4.69) is 36.9 Å². The number of anilines is 2. The van der Waals surface area contributed by atoms with Crippen LogP contribution in [0.1, 0.15) is 11.1 Å². The Hall–Kier alpha value is -1.62. The van der Waals surface area contributed by atoms with Crippen LogP contribution in [0.15, 0.2) is 34.9 Å². The smallest absolute Gasteiger partial charge is 0.221 e. The van der Waals surface area contributed by atoms with Gasteiger partial charge in [-0.25, -0.2) is 4.98 Å². The van der Waals surface area contributed by atoms with Crippen LogP contribution in [-0.4, -0.2) is 17.0 Å².